The second-order valence-electron chi connectivity index (χ2n) is 3.06. The maximum absolute atomic E-state index is 11.1. The van der Waals surface area contributed by atoms with Crippen molar-refractivity contribution in [1.82, 2.24) is 0 Å². The van der Waals surface area contributed by atoms with Crippen molar-refractivity contribution in [3.05, 3.63) is 17.7 Å². The van der Waals surface area contributed by atoms with Gasteiger partial charge >= 0.3 is 0 Å². The first-order chi connectivity index (χ1) is 7.90. The van der Waals surface area contributed by atoms with Crippen LogP contribution in [0.3, 0.4) is 0 Å². The van der Waals surface area contributed by atoms with Gasteiger partial charge in [0.2, 0.25) is 0 Å². The Kier molecular flexibility index (Phi) is 4.74. The van der Waals surface area contributed by atoms with E-state index in [1.54, 1.807) is 7.05 Å². The minimum Gasteiger partial charge on any atom is -0.387 e. The molecule has 1 aromatic carbocycles. The van der Waals surface area contributed by atoms with Crippen molar-refractivity contribution in [2.24, 2.45) is 0 Å². The van der Waals surface area contributed by atoms with Gasteiger partial charge in [0.1, 0.15) is 0 Å². The van der Waals surface area contributed by atoms with Gasteiger partial charge in [0.05, 0.1) is 27.5 Å². The molecule has 0 spiro atoms. The predicted molar refractivity (Wildman–Crippen MR) is 61.2 cm³/mol. The zero-order chi connectivity index (χ0) is 13.1. The van der Waals surface area contributed by atoms with Crippen molar-refractivity contribution in [2.75, 3.05) is 12.4 Å². The molecular formula is C8H11NO6S2. The first-order valence-electron chi connectivity index (χ1n) is 4.34. The maximum atomic E-state index is 11.1. The first-order valence-corrected chi connectivity index (χ1v) is 6.53. The molecule has 96 valence electrons. The van der Waals surface area contributed by atoms with E-state index >= 15 is 0 Å². The Morgan fingerprint density at radius 1 is 1.41 bits per heavy atom. The topological polar surface area (TPSA) is 105 Å². The summed E-state index contributed by atoms with van der Waals surface area (Å²) in [7, 11) is -2.70. The van der Waals surface area contributed by atoms with Crippen LogP contribution in [-0.4, -0.2) is 25.3 Å². The zero-order valence-corrected chi connectivity index (χ0v) is 10.6. The number of hydrogen-bond acceptors (Lipinski definition) is 7. The van der Waals surface area contributed by atoms with Crippen LogP contribution in [0.5, 0.6) is 0 Å². The molecule has 0 atom stereocenters. The van der Waals surface area contributed by atoms with Crippen molar-refractivity contribution in [2.45, 2.75) is 16.7 Å². The quantitative estimate of drug-likeness (QED) is 0.324. The third-order valence-electron chi connectivity index (χ3n) is 1.98. The van der Waals surface area contributed by atoms with Crippen LogP contribution in [0.1, 0.15) is 5.56 Å². The highest BCUT2D eigenvalue weighted by molar-refractivity contribution is 7.94. The molecule has 0 saturated heterocycles. The highest BCUT2D eigenvalue weighted by atomic mass is 32.2. The number of benzene rings is 1. The summed E-state index contributed by atoms with van der Waals surface area (Å²) in [5.41, 5.74) is 0.751. The Morgan fingerprint density at radius 3 is 2.53 bits per heavy atom. The van der Waals surface area contributed by atoms with Gasteiger partial charge in [0.15, 0.2) is 0 Å². The van der Waals surface area contributed by atoms with Gasteiger partial charge in [-0.25, -0.2) is 5.26 Å². The zero-order valence-electron chi connectivity index (χ0n) is 9.00. The minimum absolute atomic E-state index is 0.198. The second kappa shape index (κ2) is 5.67. The molecule has 0 amide bonds. The lowest BCUT2D eigenvalue weighted by atomic mass is 10.2. The highest BCUT2D eigenvalue weighted by Crippen LogP contribution is 2.32. The van der Waals surface area contributed by atoms with Gasteiger partial charge in [-0.15, -0.1) is 4.33 Å². The van der Waals surface area contributed by atoms with E-state index in [9.17, 15) is 8.42 Å². The van der Waals surface area contributed by atoms with Crippen LogP contribution in [0.15, 0.2) is 21.9 Å². The summed E-state index contributed by atoms with van der Waals surface area (Å²) >= 11 is 0.694. The summed E-state index contributed by atoms with van der Waals surface area (Å²) < 4.78 is 35.4. The molecule has 0 aromatic heterocycles. The van der Waals surface area contributed by atoms with E-state index in [0.29, 0.717) is 28.2 Å². The van der Waals surface area contributed by atoms with Crippen LogP contribution in [0, 0.1) is 6.92 Å². The van der Waals surface area contributed by atoms with Gasteiger partial charge in [-0.3, -0.25) is 4.55 Å². The van der Waals surface area contributed by atoms with Crippen molar-refractivity contribution in [3.63, 3.8) is 0 Å². The van der Waals surface area contributed by atoms with Gasteiger partial charge in [0, 0.05) is 7.05 Å². The molecule has 0 saturated carbocycles. The molecule has 0 radical (unpaired) electrons. The average Bonchev–Trinajstić information content (AvgIpc) is 2.24. The molecule has 7 nitrogen and oxygen atoms in total. The Hall–Kier alpha value is -0.840. The summed E-state index contributed by atoms with van der Waals surface area (Å²) in [6.07, 6.45) is 0. The first kappa shape index (κ1) is 14.2. The predicted octanol–water partition coefficient (Wildman–Crippen LogP) is 1.71. The molecule has 9 heteroatoms. The van der Waals surface area contributed by atoms with Gasteiger partial charge in [-0.2, -0.15) is 8.42 Å². The van der Waals surface area contributed by atoms with Crippen LogP contribution in [0.4, 0.5) is 5.69 Å². The Morgan fingerprint density at radius 2 is 2.06 bits per heavy atom. The van der Waals surface area contributed by atoms with Gasteiger partial charge in [-0.1, -0.05) is 5.04 Å². The van der Waals surface area contributed by atoms with Crippen molar-refractivity contribution < 1.29 is 27.6 Å². The summed E-state index contributed by atoms with van der Waals surface area (Å²) in [6, 6.07) is 2.73. The third kappa shape index (κ3) is 3.56. The molecule has 0 bridgehead atoms. The minimum atomic E-state index is -4.27. The molecule has 0 heterocycles. The lowest BCUT2D eigenvalue weighted by Crippen LogP contribution is -2.03. The SMILES string of the molecule is CNc1cc(S(=O)(=O)O)c(C)cc1SOOO. The lowest BCUT2D eigenvalue weighted by molar-refractivity contribution is -0.432. The highest BCUT2D eigenvalue weighted by Gasteiger charge is 2.17. The van der Waals surface area contributed by atoms with E-state index in [1.807, 2.05) is 0 Å². The van der Waals surface area contributed by atoms with Crippen molar-refractivity contribution in [1.29, 1.82) is 0 Å². The summed E-state index contributed by atoms with van der Waals surface area (Å²) in [5, 5.41) is 14.2. The largest absolute Gasteiger partial charge is 0.387 e. The summed E-state index contributed by atoms with van der Waals surface area (Å²) in [4.78, 5) is 0.294. The average molecular weight is 281 g/mol. The molecule has 1 aromatic rings. The summed E-state index contributed by atoms with van der Waals surface area (Å²) in [5.74, 6) is 0. The molecule has 0 aliphatic heterocycles. The normalized spacial score (nSPS) is 11.5. The Labute approximate surface area is 103 Å². The van der Waals surface area contributed by atoms with Crippen molar-refractivity contribution >= 4 is 27.8 Å². The number of hydrogen-bond donors (Lipinski definition) is 3. The van der Waals surface area contributed by atoms with E-state index in [0.717, 1.165) is 0 Å². The molecule has 17 heavy (non-hydrogen) atoms. The monoisotopic (exact) mass is 281 g/mol. The van der Waals surface area contributed by atoms with Gasteiger partial charge in [-0.05, 0) is 24.6 Å². The number of rotatable bonds is 5. The fourth-order valence-electron chi connectivity index (χ4n) is 1.26. The van der Waals surface area contributed by atoms with Crippen LogP contribution in [-0.2, 0) is 19.5 Å². The Balaban J connectivity index is 3.25. The Bertz CT molecular complexity index is 501. The molecule has 3 N–H and O–H groups in total. The van der Waals surface area contributed by atoms with Crippen LogP contribution in [0.25, 0.3) is 0 Å². The molecule has 1 rings (SSSR count). The molecule has 0 fully saturated rings. The van der Waals surface area contributed by atoms with E-state index in [4.69, 9.17) is 9.81 Å². The number of nitrogens with one attached hydrogen (secondary N) is 1. The van der Waals surface area contributed by atoms with Gasteiger partial charge < -0.3 is 5.32 Å². The fourth-order valence-corrected chi connectivity index (χ4v) is 2.57. The summed E-state index contributed by atoms with van der Waals surface area (Å²) in [6.45, 7) is 1.52. The third-order valence-corrected chi connectivity index (χ3v) is 3.62. The van der Waals surface area contributed by atoms with Crippen LogP contribution < -0.4 is 5.32 Å². The molecular weight excluding hydrogens is 270 g/mol. The van der Waals surface area contributed by atoms with E-state index in [1.165, 1.54) is 19.1 Å². The number of anilines is 1. The fraction of sp³-hybridized carbons (Fsp3) is 0.250. The second-order valence-corrected chi connectivity index (χ2v) is 5.20. The molecule has 0 aliphatic rings. The van der Waals surface area contributed by atoms with Crippen LogP contribution in [0.2, 0.25) is 0 Å². The maximum Gasteiger partial charge on any atom is 0.294 e. The standard InChI is InChI=1S/C8H11NO6S2/c1-5-3-7(16-15-14-10)6(9-2)4-8(5)17(11,12)13/h3-4,9-10H,1-2H3,(H,11,12,13). The number of aryl methyl sites for hydroxylation is 1. The van der Waals surface area contributed by atoms with Crippen molar-refractivity contribution in [3.8, 4) is 0 Å². The van der Waals surface area contributed by atoms with Crippen LogP contribution >= 0.6 is 12.0 Å². The van der Waals surface area contributed by atoms with E-state index in [2.05, 4.69) is 14.7 Å². The smallest absolute Gasteiger partial charge is 0.294 e. The molecule has 0 unspecified atom stereocenters. The lowest BCUT2D eigenvalue weighted by Gasteiger charge is -2.10. The van der Waals surface area contributed by atoms with E-state index in [-0.39, 0.29) is 4.90 Å². The van der Waals surface area contributed by atoms with Gasteiger partial charge in [0.25, 0.3) is 10.1 Å². The molecule has 0 aliphatic carbocycles. The van der Waals surface area contributed by atoms with E-state index < -0.39 is 10.1 Å².